The van der Waals surface area contributed by atoms with Crippen LogP contribution in [0.5, 0.6) is 0 Å². The van der Waals surface area contributed by atoms with Gasteiger partial charge in [0.1, 0.15) is 0 Å². The Morgan fingerprint density at radius 3 is 2.07 bits per heavy atom. The standard InChI is InChI=1S/C10H13NO3/c1-14-11-9(12)7-5-2-3-6(4-5)8(7)10(11)13/h5-8H,2-4H2,1H3. The monoisotopic (exact) mass is 195 g/mol. The van der Waals surface area contributed by atoms with Gasteiger partial charge < -0.3 is 0 Å². The van der Waals surface area contributed by atoms with Gasteiger partial charge in [-0.15, -0.1) is 0 Å². The molecule has 0 radical (unpaired) electrons. The fourth-order valence-corrected chi connectivity index (χ4v) is 3.56. The first-order valence-corrected chi connectivity index (χ1v) is 5.16. The number of nitrogens with zero attached hydrogens (tertiary/aromatic N) is 1. The number of hydrogen-bond acceptors (Lipinski definition) is 3. The third-order valence-corrected chi connectivity index (χ3v) is 4.07. The van der Waals surface area contributed by atoms with Crippen molar-refractivity contribution >= 4 is 11.8 Å². The molecule has 4 nitrogen and oxygen atoms in total. The molecule has 4 unspecified atom stereocenters. The summed E-state index contributed by atoms with van der Waals surface area (Å²) in [4.78, 5) is 28.4. The van der Waals surface area contributed by atoms with Crippen LogP contribution in [0.4, 0.5) is 0 Å². The highest BCUT2D eigenvalue weighted by atomic mass is 16.7. The van der Waals surface area contributed by atoms with E-state index in [9.17, 15) is 9.59 Å². The molecule has 0 aromatic heterocycles. The molecule has 4 heteroatoms. The second kappa shape index (κ2) is 2.57. The first-order valence-electron chi connectivity index (χ1n) is 5.16. The lowest BCUT2D eigenvalue weighted by molar-refractivity contribution is -0.182. The molecule has 0 aromatic rings. The molecule has 1 saturated heterocycles. The molecular formula is C10H13NO3. The number of amides is 2. The van der Waals surface area contributed by atoms with Crippen LogP contribution in [0.2, 0.25) is 0 Å². The van der Waals surface area contributed by atoms with E-state index in [1.165, 1.54) is 7.11 Å². The zero-order valence-corrected chi connectivity index (χ0v) is 8.10. The lowest BCUT2D eigenvalue weighted by atomic mass is 9.81. The Bertz CT molecular complexity index is 286. The number of carbonyl (C=O) groups is 2. The van der Waals surface area contributed by atoms with Crippen LogP contribution in [0.15, 0.2) is 0 Å². The molecule has 3 rings (SSSR count). The molecule has 2 amide bonds. The van der Waals surface area contributed by atoms with Crippen molar-refractivity contribution in [1.29, 1.82) is 0 Å². The summed E-state index contributed by atoms with van der Waals surface area (Å²) in [5.41, 5.74) is 0. The first kappa shape index (κ1) is 8.41. The molecular weight excluding hydrogens is 182 g/mol. The van der Waals surface area contributed by atoms with Gasteiger partial charge >= 0.3 is 0 Å². The number of hydroxylamine groups is 2. The minimum Gasteiger partial charge on any atom is -0.272 e. The molecule has 0 spiro atoms. The summed E-state index contributed by atoms with van der Waals surface area (Å²) in [6.07, 6.45) is 3.30. The first-order chi connectivity index (χ1) is 6.74. The van der Waals surface area contributed by atoms with Crippen molar-refractivity contribution in [1.82, 2.24) is 5.06 Å². The summed E-state index contributed by atoms with van der Waals surface area (Å²) >= 11 is 0. The molecule has 1 heterocycles. The second-order valence-electron chi connectivity index (χ2n) is 4.54. The fourth-order valence-electron chi connectivity index (χ4n) is 3.56. The minimum atomic E-state index is -0.102. The van der Waals surface area contributed by atoms with Crippen molar-refractivity contribution in [2.45, 2.75) is 19.3 Å². The van der Waals surface area contributed by atoms with Gasteiger partial charge in [0, 0.05) is 0 Å². The summed E-state index contributed by atoms with van der Waals surface area (Å²) in [5.74, 6) is 0.579. The number of rotatable bonds is 1. The maximum absolute atomic E-state index is 11.8. The average Bonchev–Trinajstić information content (AvgIpc) is 2.80. The Morgan fingerprint density at radius 1 is 1.14 bits per heavy atom. The Labute approximate surface area is 82.2 Å². The highest BCUT2D eigenvalue weighted by Gasteiger charge is 2.61. The van der Waals surface area contributed by atoms with Crippen LogP contribution in [-0.4, -0.2) is 24.0 Å². The van der Waals surface area contributed by atoms with E-state index < -0.39 is 0 Å². The molecule has 4 atom stereocenters. The van der Waals surface area contributed by atoms with Crippen LogP contribution < -0.4 is 0 Å². The summed E-state index contributed by atoms with van der Waals surface area (Å²) in [7, 11) is 1.39. The van der Waals surface area contributed by atoms with Crippen LogP contribution in [0.1, 0.15) is 19.3 Å². The minimum absolute atomic E-state index is 0.0544. The molecule has 3 fully saturated rings. The summed E-state index contributed by atoms with van der Waals surface area (Å²) < 4.78 is 0. The zero-order chi connectivity index (χ0) is 9.87. The molecule has 2 bridgehead atoms. The van der Waals surface area contributed by atoms with Gasteiger partial charge in [0.05, 0.1) is 18.9 Å². The predicted molar refractivity (Wildman–Crippen MR) is 46.7 cm³/mol. The van der Waals surface area contributed by atoms with E-state index in [2.05, 4.69) is 0 Å². The Hall–Kier alpha value is -0.900. The van der Waals surface area contributed by atoms with E-state index in [1.54, 1.807) is 0 Å². The van der Waals surface area contributed by atoms with E-state index in [1.807, 2.05) is 0 Å². The number of hydrogen-bond donors (Lipinski definition) is 0. The van der Waals surface area contributed by atoms with Gasteiger partial charge in [0.25, 0.3) is 11.8 Å². The van der Waals surface area contributed by atoms with Crippen molar-refractivity contribution in [2.24, 2.45) is 23.7 Å². The van der Waals surface area contributed by atoms with Crippen LogP contribution >= 0.6 is 0 Å². The van der Waals surface area contributed by atoms with Crippen molar-refractivity contribution in [2.75, 3.05) is 7.11 Å². The van der Waals surface area contributed by atoms with Gasteiger partial charge in [-0.2, -0.15) is 5.06 Å². The van der Waals surface area contributed by atoms with Gasteiger partial charge in [-0.25, -0.2) is 0 Å². The molecule has 0 N–H and O–H groups in total. The lowest BCUT2D eigenvalue weighted by Crippen LogP contribution is -2.31. The van der Waals surface area contributed by atoms with Crippen LogP contribution in [0.3, 0.4) is 0 Å². The number of imide groups is 1. The summed E-state index contributed by atoms with van der Waals surface area (Å²) in [6, 6.07) is 0. The maximum Gasteiger partial charge on any atom is 0.257 e. The van der Waals surface area contributed by atoms with Gasteiger partial charge in [-0.3, -0.25) is 14.4 Å². The molecule has 76 valence electrons. The third-order valence-electron chi connectivity index (χ3n) is 4.07. The topological polar surface area (TPSA) is 46.6 Å². The molecule has 14 heavy (non-hydrogen) atoms. The molecule has 2 aliphatic carbocycles. The van der Waals surface area contributed by atoms with E-state index >= 15 is 0 Å². The zero-order valence-electron chi connectivity index (χ0n) is 8.10. The SMILES string of the molecule is CON1C(=O)C2C3CCC(C3)C2C1=O. The smallest absolute Gasteiger partial charge is 0.257 e. The molecule has 0 aromatic carbocycles. The van der Waals surface area contributed by atoms with Crippen molar-refractivity contribution < 1.29 is 14.4 Å². The fraction of sp³-hybridized carbons (Fsp3) is 0.800. The van der Waals surface area contributed by atoms with Crippen LogP contribution in [-0.2, 0) is 14.4 Å². The second-order valence-corrected chi connectivity index (χ2v) is 4.54. The maximum atomic E-state index is 11.8. The summed E-state index contributed by atoms with van der Waals surface area (Å²) in [6.45, 7) is 0. The molecule has 2 saturated carbocycles. The molecule has 3 aliphatic rings. The lowest BCUT2D eigenvalue weighted by Gasteiger charge is -2.18. The summed E-state index contributed by atoms with van der Waals surface area (Å²) in [5, 5.41) is 0.972. The largest absolute Gasteiger partial charge is 0.272 e. The third kappa shape index (κ3) is 0.780. The van der Waals surface area contributed by atoms with Crippen molar-refractivity contribution in [3.8, 4) is 0 Å². The van der Waals surface area contributed by atoms with Gasteiger partial charge in [0.15, 0.2) is 0 Å². The van der Waals surface area contributed by atoms with E-state index in [0.29, 0.717) is 11.8 Å². The Morgan fingerprint density at radius 2 is 1.64 bits per heavy atom. The normalized spacial score (nSPS) is 45.1. The molecule has 1 aliphatic heterocycles. The highest BCUT2D eigenvalue weighted by Crippen LogP contribution is 2.55. The van der Waals surface area contributed by atoms with Gasteiger partial charge in [-0.05, 0) is 31.1 Å². The number of fused-ring (bicyclic) bond motifs is 5. The van der Waals surface area contributed by atoms with Crippen LogP contribution in [0.25, 0.3) is 0 Å². The van der Waals surface area contributed by atoms with Gasteiger partial charge in [0.2, 0.25) is 0 Å². The van der Waals surface area contributed by atoms with Crippen molar-refractivity contribution in [3.05, 3.63) is 0 Å². The van der Waals surface area contributed by atoms with Crippen LogP contribution in [0, 0.1) is 23.7 Å². The van der Waals surface area contributed by atoms with Gasteiger partial charge in [-0.1, -0.05) is 0 Å². The van der Waals surface area contributed by atoms with E-state index in [0.717, 1.165) is 24.3 Å². The van der Waals surface area contributed by atoms with E-state index in [4.69, 9.17) is 4.84 Å². The average molecular weight is 195 g/mol. The van der Waals surface area contributed by atoms with E-state index in [-0.39, 0.29) is 23.7 Å². The number of carbonyl (C=O) groups excluding carboxylic acids is 2. The van der Waals surface area contributed by atoms with Crippen molar-refractivity contribution in [3.63, 3.8) is 0 Å². The quantitative estimate of drug-likeness (QED) is 0.575. The Balaban J connectivity index is 1.98. The Kier molecular flexibility index (Phi) is 1.54. The highest BCUT2D eigenvalue weighted by molar-refractivity contribution is 6.04. The predicted octanol–water partition coefficient (Wildman–Crippen LogP) is 0.579.